The summed E-state index contributed by atoms with van der Waals surface area (Å²) in [6, 6.07) is 3.25. The second-order valence-electron chi connectivity index (χ2n) is 6.84. The van der Waals surface area contributed by atoms with Gasteiger partial charge in [0.1, 0.15) is 17.4 Å². The van der Waals surface area contributed by atoms with Gasteiger partial charge in [-0.3, -0.25) is 9.48 Å². The number of halogens is 2. The summed E-state index contributed by atoms with van der Waals surface area (Å²) in [7, 11) is 1.82. The zero-order valence-corrected chi connectivity index (χ0v) is 15.2. The first kappa shape index (κ1) is 18.4. The van der Waals surface area contributed by atoms with Crippen molar-refractivity contribution in [3.8, 4) is 5.75 Å². The average Bonchev–Trinajstić information content (AvgIpc) is 2.81. The van der Waals surface area contributed by atoms with Gasteiger partial charge in [-0.1, -0.05) is 0 Å². The van der Waals surface area contributed by atoms with Gasteiger partial charge >= 0.3 is 0 Å². The van der Waals surface area contributed by atoms with Crippen LogP contribution in [0.4, 0.5) is 8.78 Å². The number of nitrogens with zero attached hydrogens (tertiary/aromatic N) is 2. The first-order valence-electron chi connectivity index (χ1n) is 8.77. The summed E-state index contributed by atoms with van der Waals surface area (Å²) < 4.78 is 33.9. The Morgan fingerprint density at radius 3 is 2.31 bits per heavy atom. The highest BCUT2D eigenvalue weighted by Gasteiger charge is 2.26. The predicted molar refractivity (Wildman–Crippen MR) is 93.2 cm³/mol. The van der Waals surface area contributed by atoms with Crippen LogP contribution in [0.15, 0.2) is 18.2 Å². The van der Waals surface area contributed by atoms with Gasteiger partial charge in [-0.25, -0.2) is 8.78 Å². The Morgan fingerprint density at radius 1 is 1.15 bits per heavy atom. The number of ether oxygens (including phenoxy) is 1. The summed E-state index contributed by atoms with van der Waals surface area (Å²) in [5.74, 6) is -1.20. The molecule has 3 rings (SSSR count). The van der Waals surface area contributed by atoms with E-state index in [-0.39, 0.29) is 23.8 Å². The van der Waals surface area contributed by atoms with E-state index in [1.807, 2.05) is 20.9 Å². The highest BCUT2D eigenvalue weighted by Crippen LogP contribution is 2.25. The minimum atomic E-state index is -0.650. The number of carbonyl (C=O) groups is 1. The van der Waals surface area contributed by atoms with E-state index in [1.165, 1.54) is 12.1 Å². The van der Waals surface area contributed by atoms with E-state index >= 15 is 0 Å². The largest absolute Gasteiger partial charge is 0.490 e. The normalized spacial score (nSPS) is 20.0. The lowest BCUT2D eigenvalue weighted by molar-refractivity contribution is 0.0892. The quantitative estimate of drug-likeness (QED) is 0.905. The van der Waals surface area contributed by atoms with Gasteiger partial charge in [0.15, 0.2) is 0 Å². The van der Waals surface area contributed by atoms with Gasteiger partial charge in [0.25, 0.3) is 5.91 Å². The van der Waals surface area contributed by atoms with Gasteiger partial charge in [-0.15, -0.1) is 0 Å². The zero-order valence-electron chi connectivity index (χ0n) is 15.2. The molecule has 1 aliphatic carbocycles. The van der Waals surface area contributed by atoms with Gasteiger partial charge < -0.3 is 10.1 Å². The summed E-state index contributed by atoms with van der Waals surface area (Å²) in [6.45, 7) is 3.70. The Balaban J connectivity index is 1.54. The molecule has 0 aliphatic heterocycles. The maximum Gasteiger partial charge on any atom is 0.255 e. The van der Waals surface area contributed by atoms with Crippen LogP contribution in [-0.2, 0) is 7.05 Å². The molecule has 1 fully saturated rings. The fourth-order valence-electron chi connectivity index (χ4n) is 3.47. The topological polar surface area (TPSA) is 56.2 Å². The number of aromatic nitrogens is 2. The smallest absolute Gasteiger partial charge is 0.255 e. The third kappa shape index (κ3) is 4.03. The van der Waals surface area contributed by atoms with E-state index in [4.69, 9.17) is 4.74 Å². The summed E-state index contributed by atoms with van der Waals surface area (Å²) in [5.41, 5.74) is 2.18. The monoisotopic (exact) mass is 363 g/mol. The summed E-state index contributed by atoms with van der Waals surface area (Å²) in [6.07, 6.45) is 2.84. The summed E-state index contributed by atoms with van der Waals surface area (Å²) in [4.78, 5) is 12.5. The van der Waals surface area contributed by atoms with Crippen LogP contribution in [0, 0.1) is 25.5 Å². The fourth-order valence-corrected chi connectivity index (χ4v) is 3.47. The molecule has 26 heavy (non-hydrogen) atoms. The maximum absolute atomic E-state index is 13.2. The van der Waals surface area contributed by atoms with Crippen molar-refractivity contribution in [3.05, 3.63) is 46.8 Å². The third-order valence-corrected chi connectivity index (χ3v) is 4.88. The van der Waals surface area contributed by atoms with E-state index in [1.54, 1.807) is 4.68 Å². The number of carbonyl (C=O) groups excluding carboxylic acids is 1. The molecule has 0 radical (unpaired) electrons. The van der Waals surface area contributed by atoms with Crippen molar-refractivity contribution in [2.45, 2.75) is 51.7 Å². The van der Waals surface area contributed by atoms with Crippen LogP contribution < -0.4 is 10.1 Å². The van der Waals surface area contributed by atoms with E-state index in [2.05, 4.69) is 10.4 Å². The van der Waals surface area contributed by atoms with Crippen molar-refractivity contribution < 1.29 is 18.3 Å². The molecule has 1 aromatic carbocycles. The van der Waals surface area contributed by atoms with Crippen molar-refractivity contribution >= 4 is 5.91 Å². The second-order valence-corrected chi connectivity index (χ2v) is 6.84. The van der Waals surface area contributed by atoms with Crippen molar-refractivity contribution in [1.29, 1.82) is 0 Å². The van der Waals surface area contributed by atoms with Crippen LogP contribution in [0.3, 0.4) is 0 Å². The molecule has 1 N–H and O–H groups in total. The number of nitrogens with one attached hydrogen (secondary N) is 1. The predicted octanol–water partition coefficient (Wildman–Crippen LogP) is 3.44. The van der Waals surface area contributed by atoms with Crippen molar-refractivity contribution in [1.82, 2.24) is 15.1 Å². The highest BCUT2D eigenvalue weighted by atomic mass is 19.1. The number of hydrogen-bond acceptors (Lipinski definition) is 3. The van der Waals surface area contributed by atoms with Crippen molar-refractivity contribution in [3.63, 3.8) is 0 Å². The third-order valence-electron chi connectivity index (χ3n) is 4.88. The van der Waals surface area contributed by atoms with Gasteiger partial charge in [0.2, 0.25) is 0 Å². The van der Waals surface area contributed by atoms with E-state index < -0.39 is 11.6 Å². The average molecular weight is 363 g/mol. The molecule has 0 bridgehead atoms. The van der Waals surface area contributed by atoms with E-state index in [0.717, 1.165) is 24.6 Å². The van der Waals surface area contributed by atoms with Crippen LogP contribution >= 0.6 is 0 Å². The number of hydrogen-bond donors (Lipinski definition) is 1. The molecule has 5 nitrogen and oxygen atoms in total. The molecule has 1 saturated carbocycles. The molecule has 2 aromatic rings. The van der Waals surface area contributed by atoms with Crippen LogP contribution in [0.5, 0.6) is 5.75 Å². The minimum Gasteiger partial charge on any atom is -0.490 e. The first-order chi connectivity index (χ1) is 12.3. The van der Waals surface area contributed by atoms with Crippen LogP contribution in [0.1, 0.15) is 47.4 Å². The SMILES string of the molecule is Cc1nn(C)c(C)c1C(=O)NC1CCC(Oc2cc(F)cc(F)c2)CC1. The van der Waals surface area contributed by atoms with Gasteiger partial charge in [-0.2, -0.15) is 5.10 Å². The lowest BCUT2D eigenvalue weighted by Crippen LogP contribution is -2.40. The number of rotatable bonds is 4. The van der Waals surface area contributed by atoms with Crippen LogP contribution in [0.25, 0.3) is 0 Å². The molecule has 1 amide bonds. The Bertz CT molecular complexity index is 791. The zero-order chi connectivity index (χ0) is 18.8. The first-order valence-corrected chi connectivity index (χ1v) is 8.77. The Morgan fingerprint density at radius 2 is 1.77 bits per heavy atom. The molecule has 0 atom stereocenters. The molecule has 1 heterocycles. The van der Waals surface area contributed by atoms with E-state index in [9.17, 15) is 13.6 Å². The molecule has 1 aliphatic rings. The number of amides is 1. The molecule has 0 unspecified atom stereocenters. The van der Waals surface area contributed by atoms with Gasteiger partial charge in [0.05, 0.1) is 17.4 Å². The molecule has 140 valence electrons. The second kappa shape index (κ2) is 7.43. The van der Waals surface area contributed by atoms with Gasteiger partial charge in [0, 0.05) is 37.0 Å². The highest BCUT2D eigenvalue weighted by molar-refractivity contribution is 5.96. The molecular weight excluding hydrogens is 340 g/mol. The van der Waals surface area contributed by atoms with E-state index in [0.29, 0.717) is 24.1 Å². The van der Waals surface area contributed by atoms with Gasteiger partial charge in [-0.05, 0) is 39.5 Å². The molecular formula is C19H23F2N3O2. The Hall–Kier alpha value is -2.44. The fraction of sp³-hybridized carbons (Fsp3) is 0.474. The summed E-state index contributed by atoms with van der Waals surface area (Å²) in [5, 5.41) is 7.34. The maximum atomic E-state index is 13.2. The minimum absolute atomic E-state index is 0.0607. The van der Waals surface area contributed by atoms with Crippen LogP contribution in [0.2, 0.25) is 0 Å². The molecule has 7 heteroatoms. The Labute approximate surface area is 151 Å². The standard InChI is InChI=1S/C19H23F2N3O2/c1-11-18(12(2)24(3)23-11)19(25)22-15-4-6-16(7-5-15)26-17-9-13(20)8-14(21)10-17/h8-10,15-16H,4-7H2,1-3H3,(H,22,25). The summed E-state index contributed by atoms with van der Waals surface area (Å²) >= 11 is 0. The number of benzene rings is 1. The number of aryl methyl sites for hydroxylation is 2. The van der Waals surface area contributed by atoms with Crippen LogP contribution in [-0.4, -0.2) is 27.8 Å². The Kier molecular flexibility index (Phi) is 5.25. The lowest BCUT2D eigenvalue weighted by atomic mass is 9.92. The molecule has 0 spiro atoms. The molecule has 1 aromatic heterocycles. The lowest BCUT2D eigenvalue weighted by Gasteiger charge is -2.29. The van der Waals surface area contributed by atoms with Crippen molar-refractivity contribution in [2.24, 2.45) is 7.05 Å². The van der Waals surface area contributed by atoms with Crippen molar-refractivity contribution in [2.75, 3.05) is 0 Å². The molecule has 0 saturated heterocycles.